The molecule has 5 heteroatoms. The molecule has 142 valence electrons. The number of anilines is 1. The number of nitrogens with zero attached hydrogens (tertiary/aromatic N) is 2. The highest BCUT2D eigenvalue weighted by molar-refractivity contribution is 5.79. The summed E-state index contributed by atoms with van der Waals surface area (Å²) in [5, 5.41) is 2.99. The summed E-state index contributed by atoms with van der Waals surface area (Å²) in [4.78, 5) is 28.5. The summed E-state index contributed by atoms with van der Waals surface area (Å²) in [5.74, 6) is -0.0267. The van der Waals surface area contributed by atoms with Gasteiger partial charge in [-0.1, -0.05) is 36.4 Å². The molecule has 1 aliphatic heterocycles. The summed E-state index contributed by atoms with van der Waals surface area (Å²) in [6, 6.07) is 16.0. The van der Waals surface area contributed by atoms with E-state index in [0.29, 0.717) is 13.1 Å². The lowest BCUT2D eigenvalue weighted by Gasteiger charge is -2.36. The topological polar surface area (TPSA) is 52.7 Å². The van der Waals surface area contributed by atoms with Gasteiger partial charge < -0.3 is 15.1 Å². The van der Waals surface area contributed by atoms with E-state index in [2.05, 4.69) is 11.4 Å². The fraction of sp³-hybridized carbons (Fsp3) is 0.364. The van der Waals surface area contributed by atoms with Crippen LogP contribution in [0.5, 0.6) is 0 Å². The Balaban J connectivity index is 1.66. The Bertz CT molecular complexity index is 815. The molecule has 1 aliphatic rings. The first-order valence-corrected chi connectivity index (χ1v) is 9.33. The van der Waals surface area contributed by atoms with Gasteiger partial charge in [-0.25, -0.2) is 0 Å². The molecule has 0 spiro atoms. The lowest BCUT2D eigenvalue weighted by atomic mass is 9.90. The Morgan fingerprint density at radius 3 is 2.48 bits per heavy atom. The minimum Gasteiger partial charge on any atom is -0.378 e. The SMILES string of the molecule is CC(=O)N1CCc2ccccc2C1CC(=O)NCc1ccc(N(C)C)cc1. The van der Waals surface area contributed by atoms with Crippen LogP contribution in [0.4, 0.5) is 5.69 Å². The van der Waals surface area contributed by atoms with Gasteiger partial charge in [0.05, 0.1) is 12.5 Å². The highest BCUT2D eigenvalue weighted by Crippen LogP contribution is 2.32. The molecular formula is C22H27N3O2. The maximum absolute atomic E-state index is 12.6. The van der Waals surface area contributed by atoms with Gasteiger partial charge >= 0.3 is 0 Å². The molecule has 0 bridgehead atoms. The number of benzene rings is 2. The van der Waals surface area contributed by atoms with Gasteiger partial charge in [0.1, 0.15) is 0 Å². The van der Waals surface area contributed by atoms with Crippen molar-refractivity contribution in [2.45, 2.75) is 32.4 Å². The third-order valence-electron chi connectivity index (χ3n) is 5.14. The summed E-state index contributed by atoms with van der Waals surface area (Å²) >= 11 is 0. The Morgan fingerprint density at radius 1 is 1.11 bits per heavy atom. The van der Waals surface area contributed by atoms with E-state index in [-0.39, 0.29) is 24.3 Å². The molecule has 2 aromatic rings. The van der Waals surface area contributed by atoms with E-state index in [9.17, 15) is 9.59 Å². The molecule has 1 N–H and O–H groups in total. The van der Waals surface area contributed by atoms with Gasteiger partial charge in [0, 0.05) is 39.8 Å². The van der Waals surface area contributed by atoms with Crippen molar-refractivity contribution in [1.29, 1.82) is 0 Å². The van der Waals surface area contributed by atoms with Gasteiger partial charge in [0.15, 0.2) is 0 Å². The molecule has 0 aromatic heterocycles. The predicted octanol–water partition coefficient (Wildman–Crippen LogP) is 2.90. The summed E-state index contributed by atoms with van der Waals surface area (Å²) < 4.78 is 0. The average Bonchev–Trinajstić information content (AvgIpc) is 2.66. The van der Waals surface area contributed by atoms with Crippen LogP contribution in [0.2, 0.25) is 0 Å². The van der Waals surface area contributed by atoms with Crippen LogP contribution in [0.25, 0.3) is 0 Å². The van der Waals surface area contributed by atoms with Crippen molar-refractivity contribution < 1.29 is 9.59 Å². The molecule has 1 atom stereocenters. The third-order valence-corrected chi connectivity index (χ3v) is 5.14. The zero-order valence-electron chi connectivity index (χ0n) is 16.2. The Labute approximate surface area is 161 Å². The molecule has 1 unspecified atom stereocenters. The maximum Gasteiger partial charge on any atom is 0.222 e. The van der Waals surface area contributed by atoms with Crippen molar-refractivity contribution in [2.24, 2.45) is 0 Å². The van der Waals surface area contributed by atoms with Crippen LogP contribution < -0.4 is 10.2 Å². The second kappa shape index (κ2) is 8.25. The monoisotopic (exact) mass is 365 g/mol. The number of carbonyl (C=O) groups excluding carboxylic acids is 2. The fourth-order valence-electron chi connectivity index (χ4n) is 3.61. The van der Waals surface area contributed by atoms with Crippen molar-refractivity contribution in [2.75, 3.05) is 25.5 Å². The van der Waals surface area contributed by atoms with Gasteiger partial charge in [0.25, 0.3) is 0 Å². The van der Waals surface area contributed by atoms with Crippen molar-refractivity contribution >= 4 is 17.5 Å². The predicted molar refractivity (Wildman–Crippen MR) is 108 cm³/mol. The molecule has 5 nitrogen and oxygen atoms in total. The second-order valence-corrected chi connectivity index (χ2v) is 7.22. The summed E-state index contributed by atoms with van der Waals surface area (Å²) in [7, 11) is 4.00. The Kier molecular flexibility index (Phi) is 5.79. The van der Waals surface area contributed by atoms with Crippen molar-refractivity contribution in [1.82, 2.24) is 10.2 Å². The van der Waals surface area contributed by atoms with Gasteiger partial charge in [-0.15, -0.1) is 0 Å². The normalized spacial score (nSPS) is 15.8. The zero-order chi connectivity index (χ0) is 19.4. The van der Waals surface area contributed by atoms with Crippen LogP contribution in [0.1, 0.15) is 36.1 Å². The molecule has 0 fully saturated rings. The number of carbonyl (C=O) groups is 2. The van der Waals surface area contributed by atoms with Crippen molar-refractivity contribution in [3.05, 3.63) is 65.2 Å². The lowest BCUT2D eigenvalue weighted by Crippen LogP contribution is -2.41. The molecule has 1 heterocycles. The highest BCUT2D eigenvalue weighted by Gasteiger charge is 2.30. The Morgan fingerprint density at radius 2 is 1.81 bits per heavy atom. The largest absolute Gasteiger partial charge is 0.378 e. The van der Waals surface area contributed by atoms with E-state index < -0.39 is 0 Å². The Hall–Kier alpha value is -2.82. The molecule has 27 heavy (non-hydrogen) atoms. The molecule has 0 saturated heterocycles. The maximum atomic E-state index is 12.6. The van der Waals surface area contributed by atoms with Gasteiger partial charge in [-0.2, -0.15) is 0 Å². The lowest BCUT2D eigenvalue weighted by molar-refractivity contribution is -0.133. The van der Waals surface area contributed by atoms with Crippen LogP contribution in [0, 0.1) is 0 Å². The number of rotatable bonds is 5. The molecule has 0 saturated carbocycles. The fourth-order valence-corrected chi connectivity index (χ4v) is 3.61. The standard InChI is InChI=1S/C22H27N3O2/c1-16(26)25-13-12-18-6-4-5-7-20(18)21(25)14-22(27)23-15-17-8-10-19(11-9-17)24(2)3/h4-11,21H,12-15H2,1-3H3,(H,23,27). The number of nitrogens with one attached hydrogen (secondary N) is 1. The summed E-state index contributed by atoms with van der Waals surface area (Å²) in [6.45, 7) is 2.72. The van der Waals surface area contributed by atoms with E-state index >= 15 is 0 Å². The van der Waals surface area contributed by atoms with Gasteiger partial charge in [-0.05, 0) is 35.2 Å². The molecule has 2 aromatic carbocycles. The van der Waals surface area contributed by atoms with Crippen LogP contribution in [0.3, 0.4) is 0 Å². The van der Waals surface area contributed by atoms with E-state index in [1.165, 1.54) is 5.56 Å². The van der Waals surface area contributed by atoms with Crippen LogP contribution >= 0.6 is 0 Å². The number of hydrogen-bond acceptors (Lipinski definition) is 3. The van der Waals surface area contributed by atoms with E-state index in [1.807, 2.05) is 66.4 Å². The third kappa shape index (κ3) is 4.48. The van der Waals surface area contributed by atoms with Crippen molar-refractivity contribution in [3.8, 4) is 0 Å². The molecule has 3 rings (SSSR count). The molecular weight excluding hydrogens is 338 g/mol. The van der Waals surface area contributed by atoms with Gasteiger partial charge in [-0.3, -0.25) is 9.59 Å². The first-order chi connectivity index (χ1) is 13.0. The van der Waals surface area contributed by atoms with Gasteiger partial charge in [0.2, 0.25) is 11.8 Å². The number of fused-ring (bicyclic) bond motifs is 1. The first-order valence-electron chi connectivity index (χ1n) is 9.33. The molecule has 2 amide bonds. The zero-order valence-corrected chi connectivity index (χ0v) is 16.2. The van der Waals surface area contributed by atoms with Crippen molar-refractivity contribution in [3.63, 3.8) is 0 Å². The number of hydrogen-bond donors (Lipinski definition) is 1. The van der Waals surface area contributed by atoms with E-state index in [0.717, 1.165) is 23.2 Å². The molecule has 0 aliphatic carbocycles. The minimum absolute atomic E-state index is 0.0153. The number of amides is 2. The minimum atomic E-state index is -0.191. The second-order valence-electron chi connectivity index (χ2n) is 7.22. The van der Waals surface area contributed by atoms with Crippen LogP contribution in [0.15, 0.2) is 48.5 Å². The summed E-state index contributed by atoms with van der Waals surface area (Å²) in [6.07, 6.45) is 1.12. The quantitative estimate of drug-likeness (QED) is 0.886. The van der Waals surface area contributed by atoms with Crippen LogP contribution in [-0.2, 0) is 22.6 Å². The average molecular weight is 365 g/mol. The highest BCUT2D eigenvalue weighted by atomic mass is 16.2. The smallest absolute Gasteiger partial charge is 0.222 e. The molecule has 0 radical (unpaired) electrons. The summed E-state index contributed by atoms with van der Waals surface area (Å²) in [5.41, 5.74) is 4.50. The van der Waals surface area contributed by atoms with Crippen LogP contribution in [-0.4, -0.2) is 37.4 Å². The van der Waals surface area contributed by atoms with E-state index in [1.54, 1.807) is 6.92 Å². The first kappa shape index (κ1) is 19.0. The van der Waals surface area contributed by atoms with E-state index in [4.69, 9.17) is 0 Å².